The van der Waals surface area contributed by atoms with E-state index in [0.717, 1.165) is 6.54 Å². The van der Waals surface area contributed by atoms with Crippen LogP contribution in [-0.2, 0) is 0 Å². The fourth-order valence-corrected chi connectivity index (χ4v) is 2.18. The highest BCUT2D eigenvalue weighted by molar-refractivity contribution is 5.20. The molecule has 1 aliphatic heterocycles. The van der Waals surface area contributed by atoms with Crippen molar-refractivity contribution in [3.05, 3.63) is 35.6 Å². The predicted octanol–water partition coefficient (Wildman–Crippen LogP) is 2.98. The number of benzene rings is 1. The lowest BCUT2D eigenvalue weighted by atomic mass is 9.96. The molecule has 1 aromatic carbocycles. The van der Waals surface area contributed by atoms with Crippen LogP contribution < -0.4 is 0 Å². The lowest BCUT2D eigenvalue weighted by molar-refractivity contribution is 0.187. The molecule has 1 nitrogen and oxygen atoms in total. The molecule has 1 aromatic rings. The molecule has 0 N–H and O–H groups in total. The summed E-state index contributed by atoms with van der Waals surface area (Å²) in [5, 5.41) is 0. The summed E-state index contributed by atoms with van der Waals surface area (Å²) in [7, 11) is 2.15. The fourth-order valence-electron chi connectivity index (χ4n) is 2.18. The van der Waals surface area contributed by atoms with E-state index in [4.69, 9.17) is 0 Å². The Labute approximate surface area is 84.5 Å². The molecule has 1 saturated heterocycles. The van der Waals surface area contributed by atoms with E-state index in [-0.39, 0.29) is 5.82 Å². The number of hydrogen-bond acceptors (Lipinski definition) is 1. The number of piperidine rings is 1. The molecule has 1 aliphatic rings. The summed E-state index contributed by atoms with van der Waals surface area (Å²) in [5.41, 5.74) is 1.24. The maximum atomic E-state index is 12.7. The lowest BCUT2D eigenvalue weighted by Crippen LogP contribution is -2.29. The second-order valence-corrected chi connectivity index (χ2v) is 4.04. The standard InChI is InChI=1S/C12H16FN/c1-14-9-3-2-4-12(14)10-5-7-11(13)8-6-10/h5-8,12H,2-4,9H2,1H3/t12-/m1/s1. The molecular weight excluding hydrogens is 177 g/mol. The van der Waals surface area contributed by atoms with Gasteiger partial charge in [0.2, 0.25) is 0 Å². The molecule has 1 atom stereocenters. The maximum absolute atomic E-state index is 12.7. The van der Waals surface area contributed by atoms with E-state index >= 15 is 0 Å². The van der Waals surface area contributed by atoms with Gasteiger partial charge in [0.1, 0.15) is 5.82 Å². The maximum Gasteiger partial charge on any atom is 0.123 e. The molecule has 0 bridgehead atoms. The highest BCUT2D eigenvalue weighted by Gasteiger charge is 2.19. The molecular formula is C12H16FN. The molecule has 0 unspecified atom stereocenters. The lowest BCUT2D eigenvalue weighted by Gasteiger charge is -2.32. The minimum atomic E-state index is -0.146. The van der Waals surface area contributed by atoms with E-state index in [2.05, 4.69) is 11.9 Å². The highest BCUT2D eigenvalue weighted by Crippen LogP contribution is 2.29. The fraction of sp³-hybridized carbons (Fsp3) is 0.500. The number of likely N-dealkylation sites (tertiary alicyclic amines) is 1. The van der Waals surface area contributed by atoms with Gasteiger partial charge in [0, 0.05) is 6.04 Å². The zero-order valence-corrected chi connectivity index (χ0v) is 8.54. The number of halogens is 1. The minimum absolute atomic E-state index is 0.146. The molecule has 2 heteroatoms. The van der Waals surface area contributed by atoms with Crippen molar-refractivity contribution < 1.29 is 4.39 Å². The summed E-state index contributed by atoms with van der Waals surface area (Å²) in [6.07, 6.45) is 3.77. The van der Waals surface area contributed by atoms with Crippen LogP contribution in [0, 0.1) is 5.82 Å². The minimum Gasteiger partial charge on any atom is -0.299 e. The van der Waals surface area contributed by atoms with Crippen molar-refractivity contribution in [2.45, 2.75) is 25.3 Å². The first kappa shape index (κ1) is 9.66. The molecule has 1 fully saturated rings. The van der Waals surface area contributed by atoms with Crippen molar-refractivity contribution in [1.82, 2.24) is 4.90 Å². The summed E-state index contributed by atoms with van der Waals surface area (Å²) in [5.74, 6) is -0.146. The third-order valence-electron chi connectivity index (χ3n) is 3.03. The van der Waals surface area contributed by atoms with Gasteiger partial charge in [-0.1, -0.05) is 18.6 Å². The molecule has 0 aliphatic carbocycles. The first-order valence-electron chi connectivity index (χ1n) is 5.23. The Balaban J connectivity index is 2.16. The topological polar surface area (TPSA) is 3.24 Å². The van der Waals surface area contributed by atoms with Crippen molar-refractivity contribution in [1.29, 1.82) is 0 Å². The monoisotopic (exact) mass is 193 g/mol. The normalized spacial score (nSPS) is 23.7. The van der Waals surface area contributed by atoms with E-state index in [1.54, 1.807) is 12.1 Å². The molecule has 1 heterocycles. The van der Waals surface area contributed by atoms with Crippen molar-refractivity contribution >= 4 is 0 Å². The Hall–Kier alpha value is -0.890. The zero-order valence-electron chi connectivity index (χ0n) is 8.54. The summed E-state index contributed by atoms with van der Waals surface area (Å²) in [6.45, 7) is 1.15. The van der Waals surface area contributed by atoms with Gasteiger partial charge in [0.05, 0.1) is 0 Å². The van der Waals surface area contributed by atoms with Gasteiger partial charge < -0.3 is 0 Å². The van der Waals surface area contributed by atoms with Gasteiger partial charge in [-0.2, -0.15) is 0 Å². The van der Waals surface area contributed by atoms with E-state index in [1.165, 1.54) is 24.8 Å². The largest absolute Gasteiger partial charge is 0.299 e. The molecule has 0 saturated carbocycles. The molecule has 0 aromatic heterocycles. The summed E-state index contributed by atoms with van der Waals surface area (Å²) in [4.78, 5) is 2.36. The number of rotatable bonds is 1. The average Bonchev–Trinajstić information content (AvgIpc) is 2.20. The first-order chi connectivity index (χ1) is 6.77. The Kier molecular flexibility index (Phi) is 2.82. The zero-order chi connectivity index (χ0) is 9.97. The second kappa shape index (κ2) is 4.09. The van der Waals surface area contributed by atoms with Crippen LogP contribution in [0.2, 0.25) is 0 Å². The van der Waals surface area contributed by atoms with E-state index < -0.39 is 0 Å². The van der Waals surface area contributed by atoms with Crippen LogP contribution in [0.25, 0.3) is 0 Å². The van der Waals surface area contributed by atoms with E-state index in [0.29, 0.717) is 6.04 Å². The van der Waals surface area contributed by atoms with Gasteiger partial charge in [-0.15, -0.1) is 0 Å². The summed E-state index contributed by atoms with van der Waals surface area (Å²) in [6, 6.07) is 7.41. The number of nitrogens with zero attached hydrogens (tertiary/aromatic N) is 1. The Morgan fingerprint density at radius 1 is 1.21 bits per heavy atom. The van der Waals surface area contributed by atoms with Gasteiger partial charge in [0.15, 0.2) is 0 Å². The van der Waals surface area contributed by atoms with Crippen LogP contribution in [0.15, 0.2) is 24.3 Å². The summed E-state index contributed by atoms with van der Waals surface area (Å²) < 4.78 is 12.7. The van der Waals surface area contributed by atoms with Gasteiger partial charge in [-0.05, 0) is 44.1 Å². The summed E-state index contributed by atoms with van der Waals surface area (Å²) >= 11 is 0. The van der Waals surface area contributed by atoms with Crippen LogP contribution >= 0.6 is 0 Å². The Bertz CT molecular complexity index is 294. The molecule has 2 rings (SSSR count). The SMILES string of the molecule is CN1CCCC[C@@H]1c1ccc(F)cc1. The predicted molar refractivity (Wildman–Crippen MR) is 55.6 cm³/mol. The molecule has 0 spiro atoms. The van der Waals surface area contributed by atoms with Crippen molar-refractivity contribution in [2.24, 2.45) is 0 Å². The highest BCUT2D eigenvalue weighted by atomic mass is 19.1. The quantitative estimate of drug-likeness (QED) is 0.662. The first-order valence-corrected chi connectivity index (χ1v) is 5.23. The molecule has 76 valence electrons. The molecule has 0 radical (unpaired) electrons. The second-order valence-electron chi connectivity index (χ2n) is 4.04. The third-order valence-corrected chi connectivity index (χ3v) is 3.03. The van der Waals surface area contributed by atoms with Gasteiger partial charge in [0.25, 0.3) is 0 Å². The van der Waals surface area contributed by atoms with E-state index in [1.807, 2.05) is 12.1 Å². The Morgan fingerprint density at radius 3 is 2.57 bits per heavy atom. The van der Waals surface area contributed by atoms with Crippen molar-refractivity contribution in [3.8, 4) is 0 Å². The van der Waals surface area contributed by atoms with Crippen LogP contribution in [0.1, 0.15) is 30.9 Å². The Morgan fingerprint density at radius 2 is 1.93 bits per heavy atom. The average molecular weight is 193 g/mol. The van der Waals surface area contributed by atoms with Gasteiger partial charge in [-0.25, -0.2) is 4.39 Å². The van der Waals surface area contributed by atoms with Crippen LogP contribution in [0.5, 0.6) is 0 Å². The van der Waals surface area contributed by atoms with Crippen LogP contribution in [0.3, 0.4) is 0 Å². The number of hydrogen-bond donors (Lipinski definition) is 0. The van der Waals surface area contributed by atoms with Gasteiger partial charge in [-0.3, -0.25) is 4.90 Å². The third kappa shape index (κ3) is 1.95. The molecule has 0 amide bonds. The van der Waals surface area contributed by atoms with E-state index in [9.17, 15) is 4.39 Å². The van der Waals surface area contributed by atoms with Crippen LogP contribution in [0.4, 0.5) is 4.39 Å². The molecule has 14 heavy (non-hydrogen) atoms. The smallest absolute Gasteiger partial charge is 0.123 e. The van der Waals surface area contributed by atoms with Gasteiger partial charge >= 0.3 is 0 Å². The van der Waals surface area contributed by atoms with Crippen molar-refractivity contribution in [3.63, 3.8) is 0 Å². The van der Waals surface area contributed by atoms with Crippen molar-refractivity contribution in [2.75, 3.05) is 13.6 Å². The van der Waals surface area contributed by atoms with Crippen LogP contribution in [-0.4, -0.2) is 18.5 Å².